The van der Waals surface area contributed by atoms with Gasteiger partial charge in [-0.2, -0.15) is 0 Å². The van der Waals surface area contributed by atoms with Gasteiger partial charge in [-0.15, -0.1) is 0 Å². The number of amides is 2. The summed E-state index contributed by atoms with van der Waals surface area (Å²) in [4.78, 5) is 39.2. The Bertz CT molecular complexity index is 637. The molecule has 0 saturated heterocycles. The molecule has 0 bridgehead atoms. The number of carbonyl (C=O) groups is 3. The van der Waals surface area contributed by atoms with Crippen LogP contribution in [0.15, 0.2) is 24.3 Å². The lowest BCUT2D eigenvalue weighted by Crippen LogP contribution is -2.40. The van der Waals surface area contributed by atoms with E-state index in [2.05, 4.69) is 24.1 Å². The van der Waals surface area contributed by atoms with Crippen molar-refractivity contribution in [2.24, 2.45) is 0 Å². The Hall–Kier alpha value is -2.57. The van der Waals surface area contributed by atoms with E-state index in [9.17, 15) is 14.4 Å². The molecule has 1 fully saturated rings. The van der Waals surface area contributed by atoms with Crippen LogP contribution in [-0.4, -0.2) is 62.0 Å². The van der Waals surface area contributed by atoms with Crippen LogP contribution in [0.1, 0.15) is 37.0 Å². The van der Waals surface area contributed by atoms with Gasteiger partial charge in [-0.1, -0.05) is 0 Å². The van der Waals surface area contributed by atoms with E-state index in [0.717, 1.165) is 31.6 Å². The standard InChI is InChI=1S/C19H27N3O4/c1-4-22(5-2)16-10-6-14(7-11-16)19(25)26-13-18(24)21(3)12-17(23)20-15-8-9-15/h6-7,10-11,15H,4-5,8-9,12-13H2,1-3H3,(H,20,23). The minimum atomic E-state index is -0.555. The molecule has 0 spiro atoms. The zero-order valence-corrected chi connectivity index (χ0v) is 15.7. The van der Waals surface area contributed by atoms with E-state index in [4.69, 9.17) is 4.74 Å². The highest BCUT2D eigenvalue weighted by Gasteiger charge is 2.24. The quantitative estimate of drug-likeness (QED) is 0.673. The number of anilines is 1. The van der Waals surface area contributed by atoms with E-state index in [0.29, 0.717) is 5.56 Å². The molecule has 1 aliphatic rings. The zero-order valence-electron chi connectivity index (χ0n) is 15.7. The Morgan fingerprint density at radius 3 is 2.27 bits per heavy atom. The number of ether oxygens (including phenoxy) is 1. The van der Waals surface area contributed by atoms with Crippen LogP contribution < -0.4 is 10.2 Å². The number of esters is 1. The van der Waals surface area contributed by atoms with E-state index >= 15 is 0 Å². The Labute approximate surface area is 154 Å². The fourth-order valence-electron chi connectivity index (χ4n) is 2.52. The summed E-state index contributed by atoms with van der Waals surface area (Å²) in [6, 6.07) is 7.35. The highest BCUT2D eigenvalue weighted by molar-refractivity contribution is 5.92. The Morgan fingerprint density at radius 2 is 1.73 bits per heavy atom. The van der Waals surface area contributed by atoms with Crippen molar-refractivity contribution in [1.82, 2.24) is 10.2 Å². The van der Waals surface area contributed by atoms with Gasteiger partial charge in [0.15, 0.2) is 6.61 Å². The van der Waals surface area contributed by atoms with E-state index in [1.54, 1.807) is 12.1 Å². The second kappa shape index (κ2) is 9.22. The van der Waals surface area contributed by atoms with Gasteiger partial charge in [0.25, 0.3) is 5.91 Å². The molecule has 0 aromatic heterocycles. The first-order chi connectivity index (χ1) is 12.4. The van der Waals surface area contributed by atoms with E-state index in [1.807, 2.05) is 12.1 Å². The highest BCUT2D eigenvalue weighted by atomic mass is 16.5. The lowest BCUT2D eigenvalue weighted by molar-refractivity contribution is -0.137. The topological polar surface area (TPSA) is 79.0 Å². The van der Waals surface area contributed by atoms with Gasteiger partial charge in [0.1, 0.15) is 0 Å². The molecule has 1 aliphatic carbocycles. The summed E-state index contributed by atoms with van der Waals surface area (Å²) >= 11 is 0. The van der Waals surface area contributed by atoms with Crippen LogP contribution in [0.3, 0.4) is 0 Å². The van der Waals surface area contributed by atoms with Crippen LogP contribution in [0.4, 0.5) is 5.69 Å². The van der Waals surface area contributed by atoms with E-state index in [1.165, 1.54) is 11.9 Å². The normalized spacial score (nSPS) is 13.0. The van der Waals surface area contributed by atoms with Crippen molar-refractivity contribution < 1.29 is 19.1 Å². The summed E-state index contributed by atoms with van der Waals surface area (Å²) in [7, 11) is 1.52. The summed E-state index contributed by atoms with van der Waals surface area (Å²) < 4.78 is 5.06. The van der Waals surface area contributed by atoms with Crippen LogP contribution in [0, 0.1) is 0 Å². The Morgan fingerprint density at radius 1 is 1.12 bits per heavy atom. The number of hydrogen-bond acceptors (Lipinski definition) is 5. The minimum Gasteiger partial charge on any atom is -0.452 e. The lowest BCUT2D eigenvalue weighted by Gasteiger charge is -2.21. The van der Waals surface area contributed by atoms with Crippen LogP contribution in [0.5, 0.6) is 0 Å². The van der Waals surface area contributed by atoms with Crippen molar-refractivity contribution in [3.05, 3.63) is 29.8 Å². The molecule has 7 nitrogen and oxygen atoms in total. The predicted octanol–water partition coefficient (Wildman–Crippen LogP) is 1.43. The third kappa shape index (κ3) is 5.75. The van der Waals surface area contributed by atoms with Crippen LogP contribution in [0.25, 0.3) is 0 Å². The molecule has 0 heterocycles. The zero-order chi connectivity index (χ0) is 19.1. The molecule has 2 rings (SSSR count). The molecular weight excluding hydrogens is 334 g/mol. The fourth-order valence-corrected chi connectivity index (χ4v) is 2.52. The molecule has 1 saturated carbocycles. The first-order valence-electron chi connectivity index (χ1n) is 9.00. The second-order valence-corrected chi connectivity index (χ2v) is 6.39. The third-order valence-corrected chi connectivity index (χ3v) is 4.31. The largest absolute Gasteiger partial charge is 0.452 e. The van der Waals surface area contributed by atoms with Gasteiger partial charge >= 0.3 is 5.97 Å². The highest BCUT2D eigenvalue weighted by Crippen LogP contribution is 2.18. The maximum atomic E-state index is 12.1. The number of benzene rings is 1. The Balaban J connectivity index is 1.79. The summed E-state index contributed by atoms with van der Waals surface area (Å²) in [5.41, 5.74) is 1.42. The van der Waals surface area contributed by atoms with Crippen molar-refractivity contribution in [2.75, 3.05) is 38.2 Å². The van der Waals surface area contributed by atoms with Gasteiger partial charge in [-0.25, -0.2) is 4.79 Å². The van der Waals surface area contributed by atoms with Crippen molar-refractivity contribution in [2.45, 2.75) is 32.7 Å². The van der Waals surface area contributed by atoms with Crippen LogP contribution in [0.2, 0.25) is 0 Å². The van der Waals surface area contributed by atoms with Gasteiger partial charge < -0.3 is 19.9 Å². The van der Waals surface area contributed by atoms with Gasteiger partial charge in [0.05, 0.1) is 12.1 Å². The summed E-state index contributed by atoms with van der Waals surface area (Å²) in [6.07, 6.45) is 1.99. The summed E-state index contributed by atoms with van der Waals surface area (Å²) in [5, 5.41) is 2.81. The molecule has 0 aliphatic heterocycles. The SMILES string of the molecule is CCN(CC)c1ccc(C(=O)OCC(=O)N(C)CC(=O)NC2CC2)cc1. The number of hydrogen-bond donors (Lipinski definition) is 1. The smallest absolute Gasteiger partial charge is 0.338 e. The molecule has 0 unspecified atom stereocenters. The number of nitrogens with zero attached hydrogens (tertiary/aromatic N) is 2. The first-order valence-corrected chi connectivity index (χ1v) is 9.00. The lowest BCUT2D eigenvalue weighted by atomic mass is 10.2. The average Bonchev–Trinajstić information content (AvgIpc) is 3.44. The second-order valence-electron chi connectivity index (χ2n) is 6.39. The molecule has 1 N–H and O–H groups in total. The molecular formula is C19H27N3O4. The summed E-state index contributed by atoms with van der Waals surface area (Å²) in [6.45, 7) is 5.48. The molecule has 0 atom stereocenters. The molecule has 1 aromatic rings. The number of carbonyl (C=O) groups excluding carboxylic acids is 3. The monoisotopic (exact) mass is 361 g/mol. The van der Waals surface area contributed by atoms with Crippen molar-refractivity contribution in [3.8, 4) is 0 Å². The maximum Gasteiger partial charge on any atom is 0.338 e. The molecule has 0 radical (unpaired) electrons. The van der Waals surface area contributed by atoms with Gasteiger partial charge in [0, 0.05) is 31.9 Å². The number of nitrogens with one attached hydrogen (secondary N) is 1. The fraction of sp³-hybridized carbons (Fsp3) is 0.526. The van der Waals surface area contributed by atoms with E-state index in [-0.39, 0.29) is 25.1 Å². The molecule has 7 heteroatoms. The van der Waals surface area contributed by atoms with Crippen LogP contribution in [-0.2, 0) is 14.3 Å². The minimum absolute atomic E-state index is 0.0363. The predicted molar refractivity (Wildman–Crippen MR) is 99.1 cm³/mol. The van der Waals surface area contributed by atoms with Crippen molar-refractivity contribution in [1.29, 1.82) is 0 Å². The number of likely N-dealkylation sites (N-methyl/N-ethyl adjacent to an activating group) is 1. The maximum absolute atomic E-state index is 12.1. The molecule has 2 amide bonds. The van der Waals surface area contributed by atoms with E-state index < -0.39 is 11.9 Å². The third-order valence-electron chi connectivity index (χ3n) is 4.31. The number of rotatable bonds is 9. The Kier molecular flexibility index (Phi) is 7.00. The molecule has 142 valence electrons. The molecule has 26 heavy (non-hydrogen) atoms. The van der Waals surface area contributed by atoms with Crippen molar-refractivity contribution in [3.63, 3.8) is 0 Å². The van der Waals surface area contributed by atoms with Gasteiger partial charge in [0.2, 0.25) is 5.91 Å². The van der Waals surface area contributed by atoms with Crippen molar-refractivity contribution >= 4 is 23.5 Å². The van der Waals surface area contributed by atoms with Gasteiger partial charge in [-0.05, 0) is 51.0 Å². The van der Waals surface area contributed by atoms with Gasteiger partial charge in [-0.3, -0.25) is 9.59 Å². The molecule has 1 aromatic carbocycles. The summed E-state index contributed by atoms with van der Waals surface area (Å²) in [5.74, 6) is -1.16. The van der Waals surface area contributed by atoms with Crippen LogP contribution >= 0.6 is 0 Å². The average molecular weight is 361 g/mol. The first kappa shape index (κ1) is 19.8.